The van der Waals surface area contributed by atoms with Gasteiger partial charge in [-0.3, -0.25) is 0 Å². The Morgan fingerprint density at radius 1 is 1.62 bits per heavy atom. The molecule has 0 N–H and O–H groups in total. The summed E-state index contributed by atoms with van der Waals surface area (Å²) in [6, 6.07) is 4.21. The highest BCUT2D eigenvalue weighted by atomic mass is 35.5. The summed E-state index contributed by atoms with van der Waals surface area (Å²) >= 11 is 7.18. The quantitative estimate of drug-likeness (QED) is 0.613. The molecule has 0 aliphatic carbocycles. The molecule has 0 bridgehead atoms. The summed E-state index contributed by atoms with van der Waals surface area (Å²) < 4.78 is 5.54. The van der Waals surface area contributed by atoms with E-state index in [2.05, 4.69) is 16.9 Å². The molecular formula is C11H15ClN2OS. The molecule has 1 atom stereocenters. The van der Waals surface area contributed by atoms with Crippen LogP contribution in [-0.4, -0.2) is 35.3 Å². The second-order valence-corrected chi connectivity index (χ2v) is 5.08. The van der Waals surface area contributed by atoms with Crippen molar-refractivity contribution in [3.63, 3.8) is 0 Å². The Labute approximate surface area is 105 Å². The van der Waals surface area contributed by atoms with E-state index in [1.807, 2.05) is 6.07 Å². The molecule has 0 aromatic carbocycles. The molecule has 2 rings (SSSR count). The van der Waals surface area contributed by atoms with Gasteiger partial charge in [0.2, 0.25) is 0 Å². The maximum Gasteiger partial charge on any atom is 0.155 e. The molecule has 1 saturated heterocycles. The largest absolute Gasteiger partial charge is 0.424 e. The Balaban J connectivity index is 1.73. The molecule has 0 saturated carbocycles. The van der Waals surface area contributed by atoms with Crippen LogP contribution in [-0.2, 0) is 0 Å². The molecule has 0 spiro atoms. The third-order valence-electron chi connectivity index (χ3n) is 2.79. The lowest BCUT2D eigenvalue weighted by atomic mass is 10.2. The number of hydrogen-bond donors (Lipinski definition) is 0. The monoisotopic (exact) mass is 258 g/mol. The Bertz CT molecular complexity index is 333. The van der Waals surface area contributed by atoms with Gasteiger partial charge in [0.1, 0.15) is 5.15 Å². The lowest BCUT2D eigenvalue weighted by molar-refractivity contribution is 0.333. The van der Waals surface area contributed by atoms with Gasteiger partial charge in [-0.1, -0.05) is 11.6 Å². The van der Waals surface area contributed by atoms with Crippen LogP contribution in [0.1, 0.15) is 12.8 Å². The maximum atomic E-state index is 5.69. The van der Waals surface area contributed by atoms with Gasteiger partial charge in [-0.05, 0) is 38.6 Å². The highest BCUT2D eigenvalue weighted by Crippen LogP contribution is 2.22. The zero-order chi connectivity index (χ0) is 11.4. The molecule has 1 fully saturated rings. The zero-order valence-corrected chi connectivity index (χ0v) is 10.8. The average molecular weight is 259 g/mol. The Kier molecular flexibility index (Phi) is 4.32. The molecule has 5 heteroatoms. The van der Waals surface area contributed by atoms with E-state index in [1.54, 1.807) is 12.3 Å². The van der Waals surface area contributed by atoms with Crippen molar-refractivity contribution in [3.05, 3.63) is 23.5 Å². The van der Waals surface area contributed by atoms with Gasteiger partial charge in [-0.15, -0.1) is 0 Å². The van der Waals surface area contributed by atoms with Gasteiger partial charge in [-0.2, -0.15) is 0 Å². The van der Waals surface area contributed by atoms with E-state index in [0.717, 1.165) is 11.5 Å². The third-order valence-corrected chi connectivity index (χ3v) is 3.84. The van der Waals surface area contributed by atoms with Gasteiger partial charge in [0.05, 0.1) is 18.2 Å². The maximum absolute atomic E-state index is 5.69. The van der Waals surface area contributed by atoms with Crippen molar-refractivity contribution in [2.75, 3.05) is 19.3 Å². The first-order valence-corrected chi connectivity index (χ1v) is 6.66. The number of pyridine rings is 1. The highest BCUT2D eigenvalue weighted by molar-refractivity contribution is 7.95. The number of hydrogen-bond acceptors (Lipinski definition) is 4. The predicted octanol–water partition coefficient (Wildman–Crippen LogP) is 2.86. The number of likely N-dealkylation sites (tertiary alicyclic amines) is 1. The van der Waals surface area contributed by atoms with Gasteiger partial charge < -0.3 is 9.08 Å². The summed E-state index contributed by atoms with van der Waals surface area (Å²) in [5.41, 5.74) is 0. The fraction of sp³-hybridized carbons (Fsp3) is 0.545. The van der Waals surface area contributed by atoms with Crippen LogP contribution in [0.3, 0.4) is 0 Å². The van der Waals surface area contributed by atoms with Crippen molar-refractivity contribution in [2.45, 2.75) is 18.9 Å². The minimum atomic E-state index is 0.493. The lowest BCUT2D eigenvalue weighted by Gasteiger charge is -2.18. The Hall–Kier alpha value is -0.450. The minimum absolute atomic E-state index is 0.493. The van der Waals surface area contributed by atoms with Crippen LogP contribution in [0.15, 0.2) is 18.3 Å². The summed E-state index contributed by atoms with van der Waals surface area (Å²) in [5.74, 6) is 1.76. The van der Waals surface area contributed by atoms with E-state index in [1.165, 1.54) is 31.4 Å². The normalized spacial score (nSPS) is 21.2. The van der Waals surface area contributed by atoms with Crippen LogP contribution >= 0.6 is 23.6 Å². The van der Waals surface area contributed by atoms with Crippen molar-refractivity contribution >= 4 is 23.6 Å². The smallest absolute Gasteiger partial charge is 0.155 e. The van der Waals surface area contributed by atoms with E-state index in [-0.39, 0.29) is 0 Å². The van der Waals surface area contributed by atoms with Crippen molar-refractivity contribution in [1.29, 1.82) is 0 Å². The third kappa shape index (κ3) is 3.27. The fourth-order valence-electron chi connectivity index (χ4n) is 1.78. The molecule has 2 heterocycles. The van der Waals surface area contributed by atoms with Crippen molar-refractivity contribution in [2.24, 2.45) is 0 Å². The van der Waals surface area contributed by atoms with Gasteiger partial charge >= 0.3 is 0 Å². The first kappa shape index (κ1) is 12.0. The topological polar surface area (TPSA) is 25.4 Å². The van der Waals surface area contributed by atoms with Crippen molar-refractivity contribution in [3.8, 4) is 5.75 Å². The fourth-order valence-corrected chi connectivity index (χ4v) is 2.77. The SMILES string of the molecule is CN1CCC[C@H]1CSOc1ccc(Cl)nc1. The van der Waals surface area contributed by atoms with Crippen LogP contribution in [0.4, 0.5) is 0 Å². The lowest BCUT2D eigenvalue weighted by Crippen LogP contribution is -2.27. The number of halogens is 1. The predicted molar refractivity (Wildman–Crippen MR) is 68.0 cm³/mol. The average Bonchev–Trinajstić information content (AvgIpc) is 2.68. The molecule has 0 unspecified atom stereocenters. The number of rotatable bonds is 4. The van der Waals surface area contributed by atoms with Crippen LogP contribution in [0.5, 0.6) is 5.75 Å². The van der Waals surface area contributed by atoms with Gasteiger partial charge in [0.15, 0.2) is 5.75 Å². The molecular weight excluding hydrogens is 244 g/mol. The van der Waals surface area contributed by atoms with Crippen LogP contribution in [0.2, 0.25) is 5.15 Å². The van der Waals surface area contributed by atoms with E-state index in [0.29, 0.717) is 11.2 Å². The Morgan fingerprint density at radius 2 is 2.50 bits per heavy atom. The molecule has 0 amide bonds. The number of nitrogens with zero attached hydrogens (tertiary/aromatic N) is 2. The molecule has 88 valence electrons. The standard InChI is InChI=1S/C11H15ClN2OS/c1-14-6-2-3-9(14)8-16-15-10-4-5-11(12)13-7-10/h4-5,7,9H,2-3,6,8H2,1H3/t9-/m0/s1. The van der Waals surface area contributed by atoms with E-state index < -0.39 is 0 Å². The highest BCUT2D eigenvalue weighted by Gasteiger charge is 2.20. The van der Waals surface area contributed by atoms with E-state index in [9.17, 15) is 0 Å². The Morgan fingerprint density at radius 3 is 3.12 bits per heavy atom. The van der Waals surface area contributed by atoms with Gasteiger partial charge in [-0.25, -0.2) is 4.98 Å². The van der Waals surface area contributed by atoms with E-state index in [4.69, 9.17) is 15.8 Å². The van der Waals surface area contributed by atoms with Gasteiger partial charge in [0.25, 0.3) is 0 Å². The van der Waals surface area contributed by atoms with E-state index >= 15 is 0 Å². The zero-order valence-electron chi connectivity index (χ0n) is 9.23. The summed E-state index contributed by atoms with van der Waals surface area (Å²) in [5, 5.41) is 0.493. The molecule has 0 radical (unpaired) electrons. The molecule has 1 aliphatic rings. The summed E-state index contributed by atoms with van der Waals surface area (Å²) in [4.78, 5) is 6.35. The molecule has 1 aromatic heterocycles. The molecule has 16 heavy (non-hydrogen) atoms. The second-order valence-electron chi connectivity index (χ2n) is 3.96. The number of aromatic nitrogens is 1. The first-order valence-electron chi connectivity index (χ1n) is 5.37. The van der Waals surface area contributed by atoms with Crippen LogP contribution in [0.25, 0.3) is 0 Å². The molecule has 1 aromatic rings. The summed E-state index contributed by atoms with van der Waals surface area (Å²) in [7, 11) is 2.17. The van der Waals surface area contributed by atoms with Gasteiger partial charge in [0, 0.05) is 11.8 Å². The van der Waals surface area contributed by atoms with Crippen molar-refractivity contribution in [1.82, 2.24) is 9.88 Å². The minimum Gasteiger partial charge on any atom is -0.424 e. The summed E-state index contributed by atoms with van der Waals surface area (Å²) in [6.45, 7) is 1.20. The van der Waals surface area contributed by atoms with Crippen LogP contribution in [0, 0.1) is 0 Å². The van der Waals surface area contributed by atoms with Crippen molar-refractivity contribution < 1.29 is 4.18 Å². The summed E-state index contributed by atoms with van der Waals surface area (Å²) in [6.07, 6.45) is 4.21. The first-order chi connectivity index (χ1) is 7.75. The van der Waals surface area contributed by atoms with Crippen LogP contribution < -0.4 is 4.18 Å². The second kappa shape index (κ2) is 5.75. The molecule has 1 aliphatic heterocycles. The molecule has 3 nitrogen and oxygen atoms in total.